The SMILES string of the molecule is CC(C)(C)c1cc(C=O)c(O)c(C(C)(C)C)c1.Cc1ccccc1-c1nc2c(-c3cccc4c3oc3ccccc34)cc(F)cc2s1.Nc1ccccc1-c1nc2c(-c3cccc4c3oc3ccccc34)cc(F)cc2s1.OB(O)c1cccc2c1oc1ccccc12.Oc1ccccc1-c1nc2c(-c3cccc4c3oc3ccccc34)cc(F)cc2s1.Oc1ccccc1-c1nc2c(Br)cc(F)cc2s1. The van der Waals surface area contributed by atoms with Gasteiger partial charge in [0.1, 0.15) is 105 Å². The lowest BCUT2D eigenvalue weighted by Gasteiger charge is -2.26. The molecule has 0 fully saturated rings. The van der Waals surface area contributed by atoms with Gasteiger partial charge in [0, 0.05) is 109 Å². The number of rotatable bonds is 9. The highest BCUT2D eigenvalue weighted by Gasteiger charge is 2.28. The molecule has 0 bridgehead atoms. The Morgan fingerprint density at radius 1 is 0.340 bits per heavy atom. The Labute approximate surface area is 828 Å². The second-order valence-corrected chi connectivity index (χ2v) is 40.7. The highest BCUT2D eigenvalue weighted by molar-refractivity contribution is 9.10. The molecule has 141 heavy (non-hydrogen) atoms. The number of benzene rings is 17. The molecular weight excluding hydrogens is 1920 g/mol. The molecule has 0 aliphatic heterocycles. The maximum Gasteiger partial charge on any atom is 0.492 e. The van der Waals surface area contributed by atoms with Crippen molar-refractivity contribution in [2.75, 3.05) is 5.73 Å². The molecule has 0 radical (unpaired) electrons. The summed E-state index contributed by atoms with van der Waals surface area (Å²) in [4.78, 5) is 30.0. The van der Waals surface area contributed by atoms with Gasteiger partial charge in [0.15, 0.2) is 6.29 Å². The molecule has 7 N–H and O–H groups in total. The van der Waals surface area contributed by atoms with Gasteiger partial charge in [-0.2, -0.15) is 0 Å². The van der Waals surface area contributed by atoms with Crippen LogP contribution in [0, 0.1) is 30.2 Å². The molecule has 15 nitrogen and oxygen atoms in total. The number of nitrogens with two attached hydrogens (primary N) is 1. The molecule has 0 aliphatic carbocycles. The van der Waals surface area contributed by atoms with Gasteiger partial charge in [-0.1, -0.05) is 254 Å². The zero-order chi connectivity index (χ0) is 98.0. The molecule has 0 saturated carbocycles. The number of thiazole rings is 4. The van der Waals surface area contributed by atoms with E-state index in [0.29, 0.717) is 75.7 Å². The zero-order valence-corrected chi connectivity index (χ0v) is 81.3. The summed E-state index contributed by atoms with van der Waals surface area (Å²) in [6.07, 6.45) is 0.722. The van der Waals surface area contributed by atoms with Crippen molar-refractivity contribution in [2.24, 2.45) is 0 Å². The van der Waals surface area contributed by atoms with Gasteiger partial charge in [-0.15, -0.1) is 45.3 Å². The van der Waals surface area contributed by atoms with Crippen molar-refractivity contribution < 1.29 is 65.4 Å². The number of carbonyl (C=O) groups excluding carboxylic acids is 1. The Hall–Kier alpha value is -15.4. The summed E-state index contributed by atoms with van der Waals surface area (Å²) in [5.74, 6) is -0.779. The highest BCUT2D eigenvalue weighted by atomic mass is 79.9. The van der Waals surface area contributed by atoms with Gasteiger partial charge >= 0.3 is 7.12 Å². The molecule has 25 heteroatoms. The van der Waals surface area contributed by atoms with Gasteiger partial charge in [0.25, 0.3) is 0 Å². The average molecular weight is 2000 g/mol. The van der Waals surface area contributed by atoms with E-state index in [9.17, 15) is 47.7 Å². The minimum absolute atomic E-state index is 0.0362. The maximum absolute atomic E-state index is 14.6. The normalized spacial score (nSPS) is 11.6. The maximum atomic E-state index is 14.6. The standard InChI is InChI=1S/C26H16FNOS.C25H15FN2OS.C25H14FNO2S.C15H22O2.C13H7BrFNOS.C12H9BO3/c1-15-7-2-3-8-17(15)26-28-24-21(13-16(27)14-23(24)30-26)20-11-6-10-19-18-9-4-5-12-22(18)29-25(19)20;26-14-12-19(17-9-5-8-16-15-6-2-4-11-21(15)29-24(16)17)23-22(13-14)30-25(28-23)18-7-1-3-10-20(18)27;26-14-12-19(17-9-5-8-16-15-6-2-4-11-21(15)29-24(16)17)23-22(13-14)30-25(27-23)18-7-1-3-10-20(18)28;1-14(2,3)11-7-10(9-16)13(17)12(8-11)15(4,5)6;14-9-5-7(15)6-11-12(9)16-13(18-11)8-3-1-2-4-10(8)17;14-13(15)10-6-3-5-9-8-4-1-2-7-11(8)16-12(9)10/h2-14H,1H3;1-13H,27H2;1-13,28H;7-9,17H,1-6H3;1-6,17H;1-7,14-15H. The number of aryl methyl sites for hydroxylation is 1. The second-order valence-electron chi connectivity index (χ2n) is 35.8. The summed E-state index contributed by atoms with van der Waals surface area (Å²) < 4.78 is 84.9. The molecule has 8 aromatic heterocycles. The number of aromatic hydroxyl groups is 3. The first-order valence-electron chi connectivity index (χ1n) is 44.9. The van der Waals surface area contributed by atoms with Crippen molar-refractivity contribution in [3.8, 4) is 92.9 Å². The molecule has 25 aromatic rings. The van der Waals surface area contributed by atoms with Crippen LogP contribution in [0.4, 0.5) is 23.2 Å². The third kappa shape index (κ3) is 18.4. The predicted molar refractivity (Wildman–Crippen MR) is 573 cm³/mol. The Morgan fingerprint density at radius 2 is 0.660 bits per heavy atom. The smallest absolute Gasteiger partial charge is 0.492 e. The van der Waals surface area contributed by atoms with Crippen molar-refractivity contribution in [3.63, 3.8) is 0 Å². The number of furan rings is 4. The Kier molecular flexibility index (Phi) is 25.4. The molecule has 0 spiro atoms. The highest BCUT2D eigenvalue weighted by Crippen LogP contribution is 2.49. The number of para-hydroxylation sites is 11. The second kappa shape index (κ2) is 38.4. The van der Waals surface area contributed by atoms with Crippen LogP contribution in [-0.2, 0) is 10.8 Å². The van der Waals surface area contributed by atoms with Crippen LogP contribution >= 0.6 is 61.3 Å². The van der Waals surface area contributed by atoms with Gasteiger partial charge in [-0.25, -0.2) is 37.5 Å². The van der Waals surface area contributed by atoms with E-state index >= 15 is 0 Å². The number of aromatic nitrogens is 4. The van der Waals surface area contributed by atoms with Gasteiger partial charge in [-0.3, -0.25) is 4.79 Å². The fraction of sp³-hybridized carbons (Fsp3) is 0.0776. The lowest BCUT2D eigenvalue weighted by Crippen LogP contribution is -2.29. The number of phenolic OH excluding ortho intramolecular Hbond substituents is 3. The number of carbonyl (C=O) groups is 1. The first-order valence-corrected chi connectivity index (χ1v) is 49.0. The summed E-state index contributed by atoms with van der Waals surface area (Å²) in [5.41, 5.74) is 27.1. The average Bonchev–Trinajstić information content (AvgIpc) is 1.54. The molecule has 0 aliphatic rings. The predicted octanol–water partition coefficient (Wildman–Crippen LogP) is 32.2. The van der Waals surface area contributed by atoms with Crippen LogP contribution in [0.15, 0.2) is 350 Å². The lowest BCUT2D eigenvalue weighted by atomic mass is 9.79. The summed E-state index contributed by atoms with van der Waals surface area (Å²) in [6, 6.07) is 100. The van der Waals surface area contributed by atoms with E-state index in [2.05, 4.69) is 60.7 Å². The van der Waals surface area contributed by atoms with Crippen molar-refractivity contribution in [1.82, 2.24) is 19.9 Å². The van der Waals surface area contributed by atoms with Gasteiger partial charge < -0.3 is 48.8 Å². The van der Waals surface area contributed by atoms with Crippen molar-refractivity contribution >= 4 is 214 Å². The number of fused-ring (bicyclic) bond motifs is 16. The van der Waals surface area contributed by atoms with Crippen LogP contribution in [0.25, 0.3) is 204 Å². The third-order valence-corrected chi connectivity index (χ3v) is 29.1. The number of phenols is 3. The minimum Gasteiger partial charge on any atom is -0.507 e. The Balaban J connectivity index is 0.000000106. The number of anilines is 1. The molecule has 0 amide bonds. The fourth-order valence-corrected chi connectivity index (χ4v) is 22.4. The first-order chi connectivity index (χ1) is 68.0. The van der Waals surface area contributed by atoms with Gasteiger partial charge in [0.05, 0.1) is 57.6 Å². The van der Waals surface area contributed by atoms with Crippen LogP contribution in [-0.4, -0.2) is 58.7 Å². The van der Waals surface area contributed by atoms with E-state index in [1.807, 2.05) is 239 Å². The lowest BCUT2D eigenvalue weighted by molar-refractivity contribution is 0.112. The minimum atomic E-state index is -1.51. The van der Waals surface area contributed by atoms with Gasteiger partial charge in [-0.05, 0) is 160 Å². The zero-order valence-electron chi connectivity index (χ0n) is 76.5. The van der Waals surface area contributed by atoms with Crippen LogP contribution in [0.1, 0.15) is 68.6 Å². The van der Waals surface area contributed by atoms with E-state index in [4.69, 9.17) is 38.4 Å². The van der Waals surface area contributed by atoms with E-state index in [1.165, 1.54) is 81.7 Å². The summed E-state index contributed by atoms with van der Waals surface area (Å²) in [7, 11) is -1.51. The molecule has 0 saturated heterocycles. The molecular formula is C116H83BBrF4N5O10S4. The van der Waals surface area contributed by atoms with Crippen LogP contribution in [0.3, 0.4) is 0 Å². The van der Waals surface area contributed by atoms with E-state index in [1.54, 1.807) is 60.7 Å². The molecule has 694 valence electrons. The van der Waals surface area contributed by atoms with Crippen molar-refractivity contribution in [1.29, 1.82) is 0 Å². The Bertz CT molecular complexity index is 8610. The van der Waals surface area contributed by atoms with E-state index in [0.717, 1.165) is 173 Å². The summed E-state index contributed by atoms with van der Waals surface area (Å²) in [6.45, 7) is 14.5. The van der Waals surface area contributed by atoms with Gasteiger partial charge in [0.2, 0.25) is 0 Å². The van der Waals surface area contributed by atoms with Crippen LogP contribution in [0.5, 0.6) is 17.2 Å². The number of hydrogen-bond acceptors (Lipinski definition) is 19. The van der Waals surface area contributed by atoms with Crippen LogP contribution < -0.4 is 11.2 Å². The monoisotopic (exact) mass is 2000 g/mol. The quantitative estimate of drug-likeness (QED) is 0.0340. The number of halogens is 5. The molecule has 8 heterocycles. The molecule has 0 unspecified atom stereocenters. The van der Waals surface area contributed by atoms with E-state index in [-0.39, 0.29) is 51.3 Å². The Morgan fingerprint density at radius 3 is 1.05 bits per heavy atom. The molecule has 17 aromatic carbocycles. The number of hydrogen-bond donors (Lipinski definition) is 6. The first kappa shape index (κ1) is 93.2. The number of nitrogen functional groups attached to an aromatic ring is 1. The summed E-state index contributed by atoms with van der Waals surface area (Å²) in [5, 5.41) is 59.6. The third-order valence-electron chi connectivity index (χ3n) is 24.4. The summed E-state index contributed by atoms with van der Waals surface area (Å²) >= 11 is 8.95. The van der Waals surface area contributed by atoms with E-state index < -0.39 is 7.12 Å². The topological polar surface area (TPSA) is 248 Å². The number of aldehydes is 1. The molecule has 0 atom stereocenters. The van der Waals surface area contributed by atoms with Crippen LogP contribution in [0.2, 0.25) is 0 Å². The molecule has 25 rings (SSSR count). The van der Waals surface area contributed by atoms with Crippen molar-refractivity contribution in [3.05, 3.63) is 378 Å². The van der Waals surface area contributed by atoms with Crippen molar-refractivity contribution in [2.45, 2.75) is 59.3 Å². The largest absolute Gasteiger partial charge is 0.507 e. The fourth-order valence-electron chi connectivity index (χ4n) is 17.4. The number of nitrogens with zero attached hydrogens (tertiary/aromatic N) is 4.